The van der Waals surface area contributed by atoms with Crippen molar-refractivity contribution in [3.63, 3.8) is 0 Å². The zero-order valence-corrected chi connectivity index (χ0v) is 13.1. The molecule has 1 aromatic rings. The Hall–Kier alpha value is -0.210. The van der Waals surface area contributed by atoms with Crippen LogP contribution in [0.5, 0.6) is 0 Å². The van der Waals surface area contributed by atoms with Gasteiger partial charge in [-0.2, -0.15) is 0 Å². The third-order valence-corrected chi connectivity index (χ3v) is 3.97. The lowest BCUT2D eigenvalue weighted by molar-refractivity contribution is 0.462. The van der Waals surface area contributed by atoms with E-state index in [1.54, 1.807) is 0 Å². The van der Waals surface area contributed by atoms with Gasteiger partial charge in [-0.15, -0.1) is 0 Å². The molecule has 96 valence electrons. The van der Waals surface area contributed by atoms with Crippen LogP contribution >= 0.6 is 27.5 Å². The van der Waals surface area contributed by atoms with Gasteiger partial charge in [0.1, 0.15) is 0 Å². The van der Waals surface area contributed by atoms with Gasteiger partial charge in [0.2, 0.25) is 0 Å². The lowest BCUT2D eigenvalue weighted by Crippen LogP contribution is -2.21. The first-order valence-corrected chi connectivity index (χ1v) is 7.45. The largest absolute Gasteiger partial charge is 0.381 e. The molecule has 2 atom stereocenters. The van der Waals surface area contributed by atoms with Gasteiger partial charge in [0.05, 0.1) is 10.7 Å². The molecule has 0 amide bonds. The Morgan fingerprint density at radius 2 is 2.00 bits per heavy atom. The van der Waals surface area contributed by atoms with E-state index in [9.17, 15) is 0 Å². The number of halogens is 2. The summed E-state index contributed by atoms with van der Waals surface area (Å²) in [5, 5.41) is 4.32. The number of benzene rings is 1. The smallest absolute Gasteiger partial charge is 0.0648 e. The van der Waals surface area contributed by atoms with Crippen molar-refractivity contribution < 1.29 is 0 Å². The Balaban J connectivity index is 2.67. The molecule has 2 unspecified atom stereocenters. The van der Waals surface area contributed by atoms with Crippen molar-refractivity contribution in [3.05, 3.63) is 27.7 Å². The highest BCUT2D eigenvalue weighted by molar-refractivity contribution is 9.10. The summed E-state index contributed by atoms with van der Waals surface area (Å²) in [6, 6.07) is 6.49. The average Bonchev–Trinajstić information content (AvgIpc) is 2.31. The fraction of sp³-hybridized carbons (Fsp3) is 0.571. The van der Waals surface area contributed by atoms with Gasteiger partial charge in [0, 0.05) is 10.5 Å². The number of anilines is 1. The molecule has 0 fully saturated rings. The van der Waals surface area contributed by atoms with Gasteiger partial charge in [0.15, 0.2) is 0 Å². The highest BCUT2D eigenvalue weighted by atomic mass is 79.9. The fourth-order valence-corrected chi connectivity index (χ4v) is 2.53. The Morgan fingerprint density at radius 3 is 2.53 bits per heavy atom. The van der Waals surface area contributed by atoms with E-state index >= 15 is 0 Å². The molecule has 1 nitrogen and oxygen atoms in total. The van der Waals surface area contributed by atoms with Gasteiger partial charge in [-0.05, 0) is 37.0 Å². The third kappa shape index (κ3) is 4.89. The van der Waals surface area contributed by atoms with E-state index in [1.807, 2.05) is 18.2 Å². The van der Waals surface area contributed by atoms with Gasteiger partial charge in [0.25, 0.3) is 0 Å². The van der Waals surface area contributed by atoms with Crippen molar-refractivity contribution in [2.75, 3.05) is 5.32 Å². The molecule has 0 bridgehead atoms. The molecule has 0 spiro atoms. The first kappa shape index (κ1) is 14.8. The summed E-state index contributed by atoms with van der Waals surface area (Å²) in [5.74, 6) is 0.752. The van der Waals surface area contributed by atoms with E-state index in [0.29, 0.717) is 6.04 Å². The van der Waals surface area contributed by atoms with E-state index in [-0.39, 0.29) is 0 Å². The van der Waals surface area contributed by atoms with Gasteiger partial charge in [-0.3, -0.25) is 0 Å². The average molecular weight is 319 g/mol. The minimum Gasteiger partial charge on any atom is -0.381 e. The van der Waals surface area contributed by atoms with Crippen LogP contribution in [-0.4, -0.2) is 6.04 Å². The first-order chi connectivity index (χ1) is 8.06. The van der Waals surface area contributed by atoms with Gasteiger partial charge in [-0.1, -0.05) is 54.7 Å². The van der Waals surface area contributed by atoms with Crippen LogP contribution < -0.4 is 5.32 Å². The SMILES string of the molecule is CCC(C)CC(CC)Nc1ccc(Br)cc1Cl. The van der Waals surface area contributed by atoms with E-state index in [4.69, 9.17) is 11.6 Å². The minimum absolute atomic E-state index is 0.503. The van der Waals surface area contributed by atoms with E-state index in [2.05, 4.69) is 42.0 Å². The molecule has 0 aliphatic carbocycles. The van der Waals surface area contributed by atoms with Crippen molar-refractivity contribution in [1.82, 2.24) is 0 Å². The van der Waals surface area contributed by atoms with Crippen LogP contribution in [0.1, 0.15) is 40.0 Å². The molecule has 17 heavy (non-hydrogen) atoms. The van der Waals surface area contributed by atoms with Crippen LogP contribution in [0.25, 0.3) is 0 Å². The van der Waals surface area contributed by atoms with E-state index in [1.165, 1.54) is 12.8 Å². The normalized spacial score (nSPS) is 14.4. The van der Waals surface area contributed by atoms with Crippen molar-refractivity contribution >= 4 is 33.2 Å². The maximum absolute atomic E-state index is 6.21. The predicted octanol–water partition coefficient (Wildman–Crippen LogP) is 5.73. The van der Waals surface area contributed by atoms with Crippen LogP contribution in [0.15, 0.2) is 22.7 Å². The zero-order valence-electron chi connectivity index (χ0n) is 10.8. The standard InChI is InChI=1S/C14H21BrClN/c1-4-10(3)8-12(5-2)17-14-7-6-11(15)9-13(14)16/h6-7,9-10,12,17H,4-5,8H2,1-3H3. The summed E-state index contributed by atoms with van der Waals surface area (Å²) in [4.78, 5) is 0. The monoisotopic (exact) mass is 317 g/mol. The van der Waals surface area contributed by atoms with Gasteiger partial charge < -0.3 is 5.32 Å². The lowest BCUT2D eigenvalue weighted by Gasteiger charge is -2.22. The number of hydrogen-bond acceptors (Lipinski definition) is 1. The molecule has 1 aromatic carbocycles. The molecule has 1 N–H and O–H groups in total. The molecule has 1 rings (SSSR count). The maximum atomic E-state index is 6.21. The van der Waals surface area contributed by atoms with Crippen molar-refractivity contribution in [2.45, 2.75) is 46.1 Å². The molecular weight excluding hydrogens is 298 g/mol. The van der Waals surface area contributed by atoms with Gasteiger partial charge in [-0.25, -0.2) is 0 Å². The summed E-state index contributed by atoms with van der Waals surface area (Å²) in [7, 11) is 0. The highest BCUT2D eigenvalue weighted by Gasteiger charge is 2.11. The summed E-state index contributed by atoms with van der Waals surface area (Å²) >= 11 is 9.63. The Bertz CT molecular complexity index is 354. The van der Waals surface area contributed by atoms with Crippen LogP contribution in [0.4, 0.5) is 5.69 Å². The fourth-order valence-electron chi connectivity index (χ4n) is 1.81. The number of nitrogens with one attached hydrogen (secondary N) is 1. The molecule has 0 saturated heterocycles. The first-order valence-electron chi connectivity index (χ1n) is 6.28. The molecule has 0 heterocycles. The second-order valence-corrected chi connectivity index (χ2v) is 5.95. The Kier molecular flexibility index (Phi) is 6.35. The third-order valence-electron chi connectivity index (χ3n) is 3.17. The quantitative estimate of drug-likeness (QED) is 0.706. The summed E-state index contributed by atoms with van der Waals surface area (Å²) in [6.45, 7) is 6.75. The second-order valence-electron chi connectivity index (χ2n) is 4.62. The van der Waals surface area contributed by atoms with E-state index in [0.717, 1.165) is 27.5 Å². The Labute approximate surface area is 118 Å². The summed E-state index contributed by atoms with van der Waals surface area (Å²) < 4.78 is 1.02. The minimum atomic E-state index is 0.503. The topological polar surface area (TPSA) is 12.0 Å². The van der Waals surface area contributed by atoms with Crippen LogP contribution in [0.3, 0.4) is 0 Å². The molecule has 0 aliphatic rings. The molecule has 0 saturated carbocycles. The molecule has 0 radical (unpaired) electrons. The second kappa shape index (κ2) is 7.27. The number of rotatable bonds is 6. The van der Waals surface area contributed by atoms with Crippen LogP contribution in [0.2, 0.25) is 5.02 Å². The summed E-state index contributed by atoms with van der Waals surface area (Å²) in [6.07, 6.45) is 3.54. The molecule has 0 aliphatic heterocycles. The predicted molar refractivity (Wildman–Crippen MR) is 80.9 cm³/mol. The maximum Gasteiger partial charge on any atom is 0.0648 e. The van der Waals surface area contributed by atoms with Crippen LogP contribution in [-0.2, 0) is 0 Å². The number of hydrogen-bond donors (Lipinski definition) is 1. The Morgan fingerprint density at radius 1 is 1.29 bits per heavy atom. The lowest BCUT2D eigenvalue weighted by atomic mass is 9.97. The highest BCUT2D eigenvalue weighted by Crippen LogP contribution is 2.27. The van der Waals surface area contributed by atoms with Crippen molar-refractivity contribution in [1.29, 1.82) is 0 Å². The van der Waals surface area contributed by atoms with Crippen molar-refractivity contribution in [3.8, 4) is 0 Å². The van der Waals surface area contributed by atoms with E-state index < -0.39 is 0 Å². The van der Waals surface area contributed by atoms with Gasteiger partial charge >= 0.3 is 0 Å². The molecular formula is C14H21BrClN. The van der Waals surface area contributed by atoms with Crippen LogP contribution in [0, 0.1) is 5.92 Å². The summed E-state index contributed by atoms with van der Waals surface area (Å²) in [5.41, 5.74) is 1.03. The molecule has 0 aromatic heterocycles. The van der Waals surface area contributed by atoms with Crippen molar-refractivity contribution in [2.24, 2.45) is 5.92 Å². The molecule has 3 heteroatoms. The zero-order chi connectivity index (χ0) is 12.8.